The van der Waals surface area contributed by atoms with Gasteiger partial charge in [-0.2, -0.15) is 0 Å². The van der Waals surface area contributed by atoms with Crippen LogP contribution in [0.3, 0.4) is 0 Å². The van der Waals surface area contributed by atoms with Crippen LogP contribution in [0.4, 0.5) is 11.6 Å². The Morgan fingerprint density at radius 2 is 2.06 bits per heavy atom. The monoisotopic (exact) mass is 222 g/mol. The minimum absolute atomic E-state index is 0.468. The maximum absolute atomic E-state index is 5.59. The van der Waals surface area contributed by atoms with Crippen molar-refractivity contribution in [2.45, 2.75) is 52.0 Å². The van der Waals surface area contributed by atoms with E-state index < -0.39 is 0 Å². The van der Waals surface area contributed by atoms with Gasteiger partial charge in [0, 0.05) is 6.04 Å². The van der Waals surface area contributed by atoms with Crippen LogP contribution in [0.5, 0.6) is 0 Å². The zero-order valence-electron chi connectivity index (χ0n) is 10.2. The zero-order valence-corrected chi connectivity index (χ0v) is 10.2. The average Bonchev–Trinajstić information content (AvgIpc) is 2.26. The van der Waals surface area contributed by atoms with Gasteiger partial charge in [-0.05, 0) is 12.8 Å². The molecule has 1 aromatic rings. The first-order valence-electron chi connectivity index (χ1n) is 6.10. The van der Waals surface area contributed by atoms with Crippen LogP contribution in [-0.2, 0) is 0 Å². The molecule has 0 bridgehead atoms. The van der Waals surface area contributed by atoms with E-state index in [2.05, 4.69) is 29.1 Å². The number of hydrogen-bond acceptors (Lipinski definition) is 4. The lowest BCUT2D eigenvalue weighted by Gasteiger charge is -2.18. The number of hydrogen-bond donors (Lipinski definition) is 2. The number of anilines is 2. The predicted octanol–water partition coefficient (Wildman–Crippen LogP) is 2.83. The molecular formula is C12H22N4. The Morgan fingerprint density at radius 1 is 1.25 bits per heavy atom. The number of aromatic nitrogens is 2. The Balaban J connectivity index is 2.52. The van der Waals surface area contributed by atoms with Gasteiger partial charge in [-0.15, -0.1) is 0 Å². The second-order valence-corrected chi connectivity index (χ2v) is 4.10. The van der Waals surface area contributed by atoms with Crippen molar-refractivity contribution in [1.29, 1.82) is 0 Å². The third-order valence-electron chi connectivity index (χ3n) is 2.55. The SMILES string of the molecule is CCCCC(CCC)Nc1cncc(N)n1. The van der Waals surface area contributed by atoms with E-state index in [0.29, 0.717) is 11.9 Å². The summed E-state index contributed by atoms with van der Waals surface area (Å²) in [4.78, 5) is 8.24. The Morgan fingerprint density at radius 3 is 2.69 bits per heavy atom. The quantitative estimate of drug-likeness (QED) is 0.744. The number of nitrogen functional groups attached to an aromatic ring is 1. The standard InChI is InChI=1S/C12H22N4/c1-3-5-7-10(6-4-2)15-12-9-14-8-11(13)16-12/h8-10H,3-7H2,1-2H3,(H3,13,15,16). The molecule has 0 saturated carbocycles. The Kier molecular flexibility index (Phi) is 5.61. The number of rotatable bonds is 7. The molecule has 90 valence electrons. The summed E-state index contributed by atoms with van der Waals surface area (Å²) in [5.74, 6) is 1.25. The fourth-order valence-corrected chi connectivity index (χ4v) is 1.75. The summed E-state index contributed by atoms with van der Waals surface area (Å²) in [6, 6.07) is 0.487. The maximum Gasteiger partial charge on any atom is 0.147 e. The Bertz CT molecular complexity index is 301. The summed E-state index contributed by atoms with van der Waals surface area (Å²) >= 11 is 0. The highest BCUT2D eigenvalue weighted by atomic mass is 15.1. The van der Waals surface area contributed by atoms with E-state index in [1.54, 1.807) is 12.4 Å². The molecule has 1 heterocycles. The molecule has 0 fully saturated rings. The lowest BCUT2D eigenvalue weighted by molar-refractivity contribution is 0.563. The molecule has 1 rings (SSSR count). The molecule has 1 atom stereocenters. The molecule has 0 amide bonds. The highest BCUT2D eigenvalue weighted by Gasteiger charge is 2.07. The summed E-state index contributed by atoms with van der Waals surface area (Å²) in [6.07, 6.45) is 9.28. The molecule has 4 heteroatoms. The van der Waals surface area contributed by atoms with Crippen molar-refractivity contribution in [1.82, 2.24) is 9.97 Å². The highest BCUT2D eigenvalue weighted by molar-refractivity contribution is 5.39. The molecule has 1 aromatic heterocycles. The topological polar surface area (TPSA) is 63.8 Å². The molecule has 0 aliphatic heterocycles. The van der Waals surface area contributed by atoms with E-state index in [4.69, 9.17) is 5.73 Å². The van der Waals surface area contributed by atoms with Gasteiger partial charge >= 0.3 is 0 Å². The molecule has 0 spiro atoms. The van der Waals surface area contributed by atoms with Gasteiger partial charge in [0.15, 0.2) is 0 Å². The third-order valence-corrected chi connectivity index (χ3v) is 2.55. The smallest absolute Gasteiger partial charge is 0.147 e. The second-order valence-electron chi connectivity index (χ2n) is 4.10. The van der Waals surface area contributed by atoms with Gasteiger partial charge in [0.2, 0.25) is 0 Å². The first kappa shape index (κ1) is 12.7. The Labute approximate surface area is 97.7 Å². The van der Waals surface area contributed by atoms with Gasteiger partial charge < -0.3 is 11.1 Å². The summed E-state index contributed by atoms with van der Waals surface area (Å²) in [5, 5.41) is 3.40. The van der Waals surface area contributed by atoms with Crippen LogP contribution in [0.2, 0.25) is 0 Å². The van der Waals surface area contributed by atoms with Crippen LogP contribution in [0, 0.1) is 0 Å². The maximum atomic E-state index is 5.59. The molecule has 3 N–H and O–H groups in total. The van der Waals surface area contributed by atoms with Crippen LogP contribution < -0.4 is 11.1 Å². The molecule has 0 saturated heterocycles. The number of nitrogens with two attached hydrogens (primary N) is 1. The largest absolute Gasteiger partial charge is 0.382 e. The van der Waals surface area contributed by atoms with Gasteiger partial charge in [-0.3, -0.25) is 4.98 Å². The van der Waals surface area contributed by atoms with Crippen LogP contribution in [0.25, 0.3) is 0 Å². The first-order valence-corrected chi connectivity index (χ1v) is 6.10. The molecule has 0 aromatic carbocycles. The predicted molar refractivity (Wildman–Crippen MR) is 68.3 cm³/mol. The lowest BCUT2D eigenvalue weighted by Crippen LogP contribution is -2.20. The fraction of sp³-hybridized carbons (Fsp3) is 0.667. The van der Waals surface area contributed by atoms with Crippen molar-refractivity contribution in [3.05, 3.63) is 12.4 Å². The van der Waals surface area contributed by atoms with Gasteiger partial charge in [0.1, 0.15) is 11.6 Å². The van der Waals surface area contributed by atoms with E-state index in [0.717, 1.165) is 12.2 Å². The summed E-state index contributed by atoms with van der Waals surface area (Å²) in [7, 11) is 0. The lowest BCUT2D eigenvalue weighted by atomic mass is 10.1. The fourth-order valence-electron chi connectivity index (χ4n) is 1.75. The van der Waals surface area contributed by atoms with Gasteiger partial charge in [0.05, 0.1) is 12.4 Å². The summed E-state index contributed by atoms with van der Waals surface area (Å²) in [5.41, 5.74) is 5.59. The molecular weight excluding hydrogens is 200 g/mol. The van der Waals surface area contributed by atoms with Gasteiger partial charge in [-0.25, -0.2) is 4.98 Å². The molecule has 0 radical (unpaired) electrons. The van der Waals surface area contributed by atoms with Crippen molar-refractivity contribution in [2.75, 3.05) is 11.1 Å². The minimum atomic E-state index is 0.468. The van der Waals surface area contributed by atoms with Crippen LogP contribution in [-0.4, -0.2) is 16.0 Å². The Hall–Kier alpha value is -1.32. The second kappa shape index (κ2) is 7.04. The third kappa shape index (κ3) is 4.47. The van der Waals surface area contributed by atoms with Crippen LogP contribution in [0.15, 0.2) is 12.4 Å². The number of unbranched alkanes of at least 4 members (excludes halogenated alkanes) is 1. The van der Waals surface area contributed by atoms with Crippen molar-refractivity contribution in [3.63, 3.8) is 0 Å². The van der Waals surface area contributed by atoms with E-state index in [-0.39, 0.29) is 0 Å². The highest BCUT2D eigenvalue weighted by Crippen LogP contribution is 2.13. The van der Waals surface area contributed by atoms with Gasteiger partial charge in [0.25, 0.3) is 0 Å². The zero-order chi connectivity index (χ0) is 11.8. The molecule has 1 unspecified atom stereocenters. The van der Waals surface area contributed by atoms with Crippen molar-refractivity contribution in [2.24, 2.45) is 0 Å². The molecule has 4 nitrogen and oxygen atoms in total. The molecule has 16 heavy (non-hydrogen) atoms. The molecule has 0 aliphatic carbocycles. The van der Waals surface area contributed by atoms with Crippen molar-refractivity contribution >= 4 is 11.6 Å². The van der Waals surface area contributed by atoms with E-state index in [1.807, 2.05) is 0 Å². The minimum Gasteiger partial charge on any atom is -0.382 e. The molecule has 0 aliphatic rings. The first-order chi connectivity index (χ1) is 7.76. The van der Waals surface area contributed by atoms with E-state index >= 15 is 0 Å². The normalized spacial score (nSPS) is 12.4. The summed E-state index contributed by atoms with van der Waals surface area (Å²) in [6.45, 7) is 4.41. The van der Waals surface area contributed by atoms with Crippen LogP contribution in [0.1, 0.15) is 46.0 Å². The number of nitrogens with one attached hydrogen (secondary N) is 1. The van der Waals surface area contributed by atoms with E-state index in [9.17, 15) is 0 Å². The number of nitrogens with zero attached hydrogens (tertiary/aromatic N) is 2. The van der Waals surface area contributed by atoms with Crippen molar-refractivity contribution < 1.29 is 0 Å². The van der Waals surface area contributed by atoms with Crippen molar-refractivity contribution in [3.8, 4) is 0 Å². The van der Waals surface area contributed by atoms with E-state index in [1.165, 1.54) is 25.7 Å². The summed E-state index contributed by atoms with van der Waals surface area (Å²) < 4.78 is 0. The van der Waals surface area contributed by atoms with Gasteiger partial charge in [-0.1, -0.05) is 33.1 Å². The average molecular weight is 222 g/mol. The van der Waals surface area contributed by atoms with Crippen LogP contribution >= 0.6 is 0 Å².